The smallest absolute Gasteiger partial charge is 0.475 e. The van der Waals surface area contributed by atoms with Crippen LogP contribution in [0.15, 0.2) is 18.3 Å². The Kier molecular flexibility index (Phi) is 7.41. The first kappa shape index (κ1) is 22.6. The Morgan fingerprint density at radius 1 is 1.17 bits per heavy atom. The highest BCUT2D eigenvalue weighted by Crippen LogP contribution is 2.31. The number of rotatable bonds is 5. The minimum absolute atomic E-state index is 0.106. The topological polar surface area (TPSA) is 75.0 Å². The molecule has 0 bridgehead atoms. The van der Waals surface area contributed by atoms with Gasteiger partial charge in [-0.25, -0.2) is 4.79 Å². The van der Waals surface area contributed by atoms with Crippen LogP contribution in [0.1, 0.15) is 31.4 Å². The monoisotopic (exact) mass is 431 g/mol. The van der Waals surface area contributed by atoms with Crippen LogP contribution in [0.3, 0.4) is 0 Å². The Morgan fingerprint density at radius 3 is 2.43 bits per heavy atom. The van der Waals surface area contributed by atoms with Crippen molar-refractivity contribution in [3.63, 3.8) is 0 Å². The van der Waals surface area contributed by atoms with Gasteiger partial charge in [-0.2, -0.15) is 13.2 Å². The standard InChI is InChI=1S/C18H27N3O2.C2HF3O2/c22-18(20-7-1-2-8-20)14-23-17-12-19(10-15-5-6-15)11-16-4-3-9-21(16)13-17;3-2(4,5)1(6)7/h3-4,9,15,17H,1-2,5-8,10-14H2;(H,6,7). The second-order valence-corrected chi connectivity index (χ2v) is 8.11. The summed E-state index contributed by atoms with van der Waals surface area (Å²) >= 11 is 0. The van der Waals surface area contributed by atoms with Crippen LogP contribution >= 0.6 is 0 Å². The predicted molar refractivity (Wildman–Crippen MR) is 102 cm³/mol. The number of aliphatic carboxylic acids is 1. The van der Waals surface area contributed by atoms with Gasteiger partial charge in [-0.15, -0.1) is 0 Å². The summed E-state index contributed by atoms with van der Waals surface area (Å²) in [6.45, 7) is 6.01. The van der Waals surface area contributed by atoms with Crippen molar-refractivity contribution in [1.82, 2.24) is 14.4 Å². The van der Waals surface area contributed by atoms with E-state index < -0.39 is 12.1 Å². The molecule has 7 nitrogen and oxygen atoms in total. The molecule has 1 amide bonds. The molecule has 0 aromatic carbocycles. The number of nitrogens with zero attached hydrogens (tertiary/aromatic N) is 3. The van der Waals surface area contributed by atoms with Crippen molar-refractivity contribution in [3.05, 3.63) is 24.0 Å². The summed E-state index contributed by atoms with van der Waals surface area (Å²) in [7, 11) is 0. The lowest BCUT2D eigenvalue weighted by Gasteiger charge is -2.24. The Morgan fingerprint density at radius 2 is 1.83 bits per heavy atom. The summed E-state index contributed by atoms with van der Waals surface area (Å²) in [4.78, 5) is 25.6. The molecule has 1 saturated carbocycles. The van der Waals surface area contributed by atoms with Crippen molar-refractivity contribution in [2.75, 3.05) is 32.8 Å². The number of ether oxygens (including phenoxy) is 1. The number of amides is 1. The molecule has 10 heteroatoms. The van der Waals surface area contributed by atoms with Gasteiger partial charge in [0.1, 0.15) is 6.61 Å². The molecule has 3 aliphatic rings. The fraction of sp³-hybridized carbons (Fsp3) is 0.700. The van der Waals surface area contributed by atoms with Gasteiger partial charge in [-0.1, -0.05) is 0 Å². The molecule has 1 N–H and O–H groups in total. The minimum Gasteiger partial charge on any atom is -0.475 e. The number of carbonyl (C=O) groups is 2. The molecule has 168 valence electrons. The van der Waals surface area contributed by atoms with Crippen molar-refractivity contribution in [1.29, 1.82) is 0 Å². The summed E-state index contributed by atoms with van der Waals surface area (Å²) in [6, 6.07) is 4.32. The van der Waals surface area contributed by atoms with Crippen LogP contribution < -0.4 is 0 Å². The lowest BCUT2D eigenvalue weighted by molar-refractivity contribution is -0.192. The van der Waals surface area contributed by atoms with Gasteiger partial charge in [0.2, 0.25) is 5.91 Å². The van der Waals surface area contributed by atoms with Crippen LogP contribution in [0.25, 0.3) is 0 Å². The SMILES string of the molecule is O=C(COC1CN(CC2CC2)Cc2cccn2C1)N1CCCC1.O=C(O)C(F)(F)F. The van der Waals surface area contributed by atoms with Crippen LogP contribution in [0.5, 0.6) is 0 Å². The number of alkyl halides is 3. The average molecular weight is 431 g/mol. The zero-order valence-corrected chi connectivity index (χ0v) is 16.8. The number of halogens is 3. The normalized spacial score (nSPS) is 22.1. The maximum Gasteiger partial charge on any atom is 0.490 e. The summed E-state index contributed by atoms with van der Waals surface area (Å²) in [5, 5.41) is 7.12. The number of fused-ring (bicyclic) bond motifs is 1. The minimum atomic E-state index is -5.08. The Labute approximate surface area is 173 Å². The van der Waals surface area contributed by atoms with E-state index in [-0.39, 0.29) is 18.6 Å². The molecule has 1 unspecified atom stereocenters. The van der Waals surface area contributed by atoms with Crippen LogP contribution in [0, 0.1) is 5.92 Å². The second kappa shape index (κ2) is 9.82. The summed E-state index contributed by atoms with van der Waals surface area (Å²) in [6.07, 6.45) is 2.17. The summed E-state index contributed by atoms with van der Waals surface area (Å²) < 4.78 is 40.1. The molecule has 2 fully saturated rings. The molecule has 2 aliphatic heterocycles. The maximum atomic E-state index is 12.2. The highest BCUT2D eigenvalue weighted by Gasteiger charge is 2.38. The maximum absolute atomic E-state index is 12.2. The Bertz CT molecular complexity index is 727. The first-order valence-electron chi connectivity index (χ1n) is 10.3. The van der Waals surface area contributed by atoms with E-state index in [0.29, 0.717) is 0 Å². The molecule has 1 saturated heterocycles. The molecule has 1 aromatic heterocycles. The van der Waals surface area contributed by atoms with Crippen molar-refractivity contribution in [3.8, 4) is 0 Å². The van der Waals surface area contributed by atoms with Crippen molar-refractivity contribution < 1.29 is 32.6 Å². The molecular formula is C20H28F3N3O4. The number of carbonyl (C=O) groups excluding carboxylic acids is 1. The average Bonchev–Trinajstić information content (AvgIpc) is 3.17. The number of hydrogen-bond donors (Lipinski definition) is 1. The van der Waals surface area contributed by atoms with Gasteiger partial charge >= 0.3 is 12.1 Å². The van der Waals surface area contributed by atoms with E-state index in [9.17, 15) is 18.0 Å². The van der Waals surface area contributed by atoms with Crippen LogP contribution in [0.2, 0.25) is 0 Å². The van der Waals surface area contributed by atoms with Crippen molar-refractivity contribution in [2.45, 2.75) is 51.1 Å². The first-order chi connectivity index (χ1) is 14.2. The van der Waals surface area contributed by atoms with Gasteiger partial charge < -0.3 is 19.3 Å². The number of aromatic nitrogens is 1. The molecular weight excluding hydrogens is 403 g/mol. The molecule has 0 radical (unpaired) electrons. The van der Waals surface area contributed by atoms with Crippen LogP contribution in [-0.2, 0) is 27.4 Å². The lowest BCUT2D eigenvalue weighted by atomic mass is 10.3. The molecule has 4 rings (SSSR count). The van der Waals surface area contributed by atoms with Gasteiger partial charge in [-0.05, 0) is 43.7 Å². The second-order valence-electron chi connectivity index (χ2n) is 8.11. The first-order valence-corrected chi connectivity index (χ1v) is 10.3. The number of likely N-dealkylation sites (tertiary alicyclic amines) is 1. The third kappa shape index (κ3) is 6.73. The lowest BCUT2D eigenvalue weighted by Crippen LogP contribution is -2.38. The van der Waals surface area contributed by atoms with E-state index in [4.69, 9.17) is 14.6 Å². The van der Waals surface area contributed by atoms with Gasteiger partial charge in [0, 0.05) is 51.2 Å². The highest BCUT2D eigenvalue weighted by molar-refractivity contribution is 5.77. The van der Waals surface area contributed by atoms with Crippen molar-refractivity contribution >= 4 is 11.9 Å². The van der Waals surface area contributed by atoms with Crippen LogP contribution in [0.4, 0.5) is 13.2 Å². The van der Waals surface area contributed by atoms with E-state index in [1.165, 1.54) is 25.1 Å². The van der Waals surface area contributed by atoms with Gasteiger partial charge in [0.05, 0.1) is 6.10 Å². The van der Waals surface area contributed by atoms with Crippen molar-refractivity contribution in [2.24, 2.45) is 5.92 Å². The number of hydrogen-bond acceptors (Lipinski definition) is 4. The van der Waals surface area contributed by atoms with E-state index in [1.54, 1.807) is 0 Å². The molecule has 1 atom stereocenters. The van der Waals surface area contributed by atoms with Gasteiger partial charge in [0.25, 0.3) is 0 Å². The zero-order valence-electron chi connectivity index (χ0n) is 16.8. The number of carboxylic acids is 1. The Balaban J connectivity index is 0.000000318. The van der Waals surface area contributed by atoms with Crippen LogP contribution in [-0.4, -0.2) is 76.4 Å². The van der Waals surface area contributed by atoms with E-state index in [2.05, 4.69) is 27.8 Å². The quantitative estimate of drug-likeness (QED) is 0.775. The molecule has 3 heterocycles. The van der Waals surface area contributed by atoms with Gasteiger partial charge in [0.15, 0.2) is 0 Å². The highest BCUT2D eigenvalue weighted by atomic mass is 19.4. The summed E-state index contributed by atoms with van der Waals surface area (Å²) in [5.41, 5.74) is 1.36. The largest absolute Gasteiger partial charge is 0.490 e. The molecule has 1 aromatic rings. The predicted octanol–water partition coefficient (Wildman–Crippen LogP) is 2.35. The zero-order chi connectivity index (χ0) is 21.7. The molecule has 1 aliphatic carbocycles. The van der Waals surface area contributed by atoms with Gasteiger partial charge in [-0.3, -0.25) is 9.69 Å². The third-order valence-electron chi connectivity index (χ3n) is 5.53. The molecule has 0 spiro atoms. The molecule has 30 heavy (non-hydrogen) atoms. The Hall–Kier alpha value is -2.07. The summed E-state index contributed by atoms with van der Waals surface area (Å²) in [5.74, 6) is -1.72. The third-order valence-corrected chi connectivity index (χ3v) is 5.53. The van der Waals surface area contributed by atoms with E-state index in [0.717, 1.165) is 51.5 Å². The van der Waals surface area contributed by atoms with E-state index >= 15 is 0 Å². The van der Waals surface area contributed by atoms with E-state index in [1.807, 2.05) is 4.90 Å². The fourth-order valence-corrected chi connectivity index (χ4v) is 3.79. The number of carboxylic acid groups (broad SMARTS) is 1. The fourth-order valence-electron chi connectivity index (χ4n) is 3.79.